The van der Waals surface area contributed by atoms with Gasteiger partial charge in [-0.25, -0.2) is 0 Å². The SMILES string of the molecule is Cc1ccc(CNCC(F)(F)c2ccccc2)cc1. The Morgan fingerprint density at radius 2 is 1.58 bits per heavy atom. The second-order valence-electron chi connectivity index (χ2n) is 4.66. The molecule has 0 fully saturated rings. The third-order valence-corrected chi connectivity index (χ3v) is 2.99. The van der Waals surface area contributed by atoms with Crippen molar-refractivity contribution >= 4 is 0 Å². The molecule has 100 valence electrons. The van der Waals surface area contributed by atoms with Crippen LogP contribution < -0.4 is 5.32 Å². The Kier molecular flexibility index (Phi) is 4.27. The van der Waals surface area contributed by atoms with E-state index in [0.717, 1.165) is 5.56 Å². The molecule has 1 N–H and O–H groups in total. The number of halogens is 2. The van der Waals surface area contributed by atoms with Crippen LogP contribution in [0.15, 0.2) is 54.6 Å². The van der Waals surface area contributed by atoms with E-state index < -0.39 is 5.92 Å². The Labute approximate surface area is 112 Å². The summed E-state index contributed by atoms with van der Waals surface area (Å²) in [7, 11) is 0. The zero-order chi connectivity index (χ0) is 13.7. The molecule has 0 aliphatic rings. The predicted molar refractivity (Wildman–Crippen MR) is 73.2 cm³/mol. The number of rotatable bonds is 5. The molecular formula is C16H17F2N. The molecule has 0 unspecified atom stereocenters. The van der Waals surface area contributed by atoms with Gasteiger partial charge in [0.1, 0.15) is 0 Å². The molecule has 1 nitrogen and oxygen atoms in total. The van der Waals surface area contributed by atoms with Crippen molar-refractivity contribution in [2.45, 2.75) is 19.4 Å². The van der Waals surface area contributed by atoms with E-state index >= 15 is 0 Å². The van der Waals surface area contributed by atoms with E-state index in [2.05, 4.69) is 5.32 Å². The number of aryl methyl sites for hydroxylation is 1. The number of benzene rings is 2. The predicted octanol–water partition coefficient (Wildman–Crippen LogP) is 3.88. The van der Waals surface area contributed by atoms with Crippen LogP contribution in [0.4, 0.5) is 8.78 Å². The van der Waals surface area contributed by atoms with Gasteiger partial charge in [-0.3, -0.25) is 0 Å². The lowest BCUT2D eigenvalue weighted by Crippen LogP contribution is -2.30. The first kappa shape index (κ1) is 13.7. The Morgan fingerprint density at radius 3 is 2.21 bits per heavy atom. The van der Waals surface area contributed by atoms with Crippen LogP contribution in [0.2, 0.25) is 0 Å². The fraction of sp³-hybridized carbons (Fsp3) is 0.250. The molecule has 0 aliphatic carbocycles. The van der Waals surface area contributed by atoms with Crippen molar-refractivity contribution in [1.82, 2.24) is 5.32 Å². The van der Waals surface area contributed by atoms with Gasteiger partial charge in [0.2, 0.25) is 0 Å². The van der Waals surface area contributed by atoms with E-state index in [9.17, 15) is 8.78 Å². The number of hydrogen-bond acceptors (Lipinski definition) is 1. The van der Waals surface area contributed by atoms with Gasteiger partial charge in [-0.05, 0) is 12.5 Å². The molecule has 0 saturated heterocycles. The van der Waals surface area contributed by atoms with E-state index in [4.69, 9.17) is 0 Å². The molecule has 0 heterocycles. The molecule has 3 heteroatoms. The topological polar surface area (TPSA) is 12.0 Å². The third kappa shape index (κ3) is 3.86. The van der Waals surface area contributed by atoms with Gasteiger partial charge in [0.15, 0.2) is 0 Å². The minimum atomic E-state index is -2.84. The third-order valence-electron chi connectivity index (χ3n) is 2.99. The van der Waals surface area contributed by atoms with Crippen LogP contribution >= 0.6 is 0 Å². The minimum Gasteiger partial charge on any atom is -0.307 e. The summed E-state index contributed by atoms with van der Waals surface area (Å²) in [5.74, 6) is -2.84. The van der Waals surface area contributed by atoms with E-state index in [-0.39, 0.29) is 12.1 Å². The van der Waals surface area contributed by atoms with Crippen molar-refractivity contribution in [1.29, 1.82) is 0 Å². The summed E-state index contributed by atoms with van der Waals surface area (Å²) in [6.45, 7) is 2.09. The van der Waals surface area contributed by atoms with Crippen LogP contribution in [0.3, 0.4) is 0 Å². The fourth-order valence-corrected chi connectivity index (χ4v) is 1.85. The number of hydrogen-bond donors (Lipinski definition) is 1. The summed E-state index contributed by atoms with van der Waals surface area (Å²) in [5.41, 5.74) is 2.22. The molecule has 0 bridgehead atoms. The molecule has 0 radical (unpaired) electrons. The van der Waals surface area contributed by atoms with Crippen molar-refractivity contribution < 1.29 is 8.78 Å². The molecule has 0 saturated carbocycles. The maximum Gasteiger partial charge on any atom is 0.285 e. The molecule has 0 spiro atoms. The summed E-state index contributed by atoms with van der Waals surface area (Å²) in [6, 6.07) is 15.7. The van der Waals surface area contributed by atoms with Gasteiger partial charge in [0.05, 0.1) is 6.54 Å². The maximum atomic E-state index is 13.9. The van der Waals surface area contributed by atoms with Gasteiger partial charge >= 0.3 is 0 Å². The van der Waals surface area contributed by atoms with Gasteiger partial charge in [0.25, 0.3) is 5.92 Å². The lowest BCUT2D eigenvalue weighted by molar-refractivity contribution is -0.00343. The molecule has 2 aromatic carbocycles. The first-order valence-electron chi connectivity index (χ1n) is 6.27. The van der Waals surface area contributed by atoms with Crippen LogP contribution in [0.1, 0.15) is 16.7 Å². The highest BCUT2D eigenvalue weighted by Crippen LogP contribution is 2.26. The second-order valence-corrected chi connectivity index (χ2v) is 4.66. The monoisotopic (exact) mass is 261 g/mol. The zero-order valence-electron chi connectivity index (χ0n) is 10.9. The molecule has 0 aliphatic heterocycles. The van der Waals surface area contributed by atoms with Crippen molar-refractivity contribution in [2.75, 3.05) is 6.54 Å². The molecule has 2 rings (SSSR count). The molecular weight excluding hydrogens is 244 g/mol. The van der Waals surface area contributed by atoms with E-state index in [1.165, 1.54) is 17.7 Å². The van der Waals surface area contributed by atoms with Crippen LogP contribution in [-0.2, 0) is 12.5 Å². The van der Waals surface area contributed by atoms with Crippen LogP contribution in [-0.4, -0.2) is 6.54 Å². The zero-order valence-corrected chi connectivity index (χ0v) is 10.9. The van der Waals surface area contributed by atoms with Crippen molar-refractivity contribution in [3.63, 3.8) is 0 Å². The van der Waals surface area contributed by atoms with E-state index in [1.807, 2.05) is 31.2 Å². The quantitative estimate of drug-likeness (QED) is 0.861. The Bertz CT molecular complexity index is 506. The second kappa shape index (κ2) is 5.93. The molecule has 0 amide bonds. The van der Waals surface area contributed by atoms with Gasteiger partial charge < -0.3 is 5.32 Å². The number of alkyl halides is 2. The minimum absolute atomic E-state index is 0.0476. The van der Waals surface area contributed by atoms with Crippen LogP contribution in [0.25, 0.3) is 0 Å². The van der Waals surface area contributed by atoms with Gasteiger partial charge in [-0.1, -0.05) is 60.2 Å². The Balaban J connectivity index is 1.90. The Hall–Kier alpha value is -1.74. The average Bonchev–Trinajstić information content (AvgIpc) is 2.42. The first-order chi connectivity index (χ1) is 9.08. The van der Waals surface area contributed by atoms with Crippen molar-refractivity contribution in [3.8, 4) is 0 Å². The standard InChI is InChI=1S/C16H17F2N/c1-13-7-9-14(10-8-13)11-19-12-16(17,18)15-5-3-2-4-6-15/h2-10,19H,11-12H2,1H3. The highest BCUT2D eigenvalue weighted by Gasteiger charge is 2.30. The molecule has 2 aromatic rings. The molecule has 0 atom stereocenters. The summed E-state index contributed by atoms with van der Waals surface area (Å²) in [6.07, 6.45) is 0. The summed E-state index contributed by atoms with van der Waals surface area (Å²) < 4.78 is 27.7. The largest absolute Gasteiger partial charge is 0.307 e. The highest BCUT2D eigenvalue weighted by atomic mass is 19.3. The summed E-state index contributed by atoms with van der Waals surface area (Å²) >= 11 is 0. The van der Waals surface area contributed by atoms with Crippen molar-refractivity contribution in [3.05, 3.63) is 71.3 Å². The first-order valence-corrected chi connectivity index (χ1v) is 6.27. The van der Waals surface area contributed by atoms with E-state index in [0.29, 0.717) is 6.54 Å². The highest BCUT2D eigenvalue weighted by molar-refractivity contribution is 5.22. The maximum absolute atomic E-state index is 13.9. The number of nitrogens with one attached hydrogen (secondary N) is 1. The molecule has 0 aromatic heterocycles. The van der Waals surface area contributed by atoms with E-state index in [1.54, 1.807) is 18.2 Å². The normalized spacial score (nSPS) is 11.5. The lowest BCUT2D eigenvalue weighted by atomic mass is 10.1. The fourth-order valence-electron chi connectivity index (χ4n) is 1.85. The van der Waals surface area contributed by atoms with Crippen LogP contribution in [0.5, 0.6) is 0 Å². The molecule has 19 heavy (non-hydrogen) atoms. The smallest absolute Gasteiger partial charge is 0.285 e. The van der Waals surface area contributed by atoms with Crippen LogP contribution in [0, 0.1) is 6.92 Å². The van der Waals surface area contributed by atoms with Crippen molar-refractivity contribution in [2.24, 2.45) is 0 Å². The average molecular weight is 261 g/mol. The van der Waals surface area contributed by atoms with Gasteiger partial charge in [-0.15, -0.1) is 0 Å². The summed E-state index contributed by atoms with van der Waals surface area (Å²) in [5, 5.41) is 2.81. The lowest BCUT2D eigenvalue weighted by Gasteiger charge is -2.17. The van der Waals surface area contributed by atoms with Gasteiger partial charge in [0, 0.05) is 12.1 Å². The Morgan fingerprint density at radius 1 is 0.947 bits per heavy atom. The van der Waals surface area contributed by atoms with Gasteiger partial charge in [-0.2, -0.15) is 8.78 Å². The summed E-state index contributed by atoms with van der Waals surface area (Å²) in [4.78, 5) is 0.